The molecule has 0 amide bonds. The van der Waals surface area contributed by atoms with Gasteiger partial charge in [-0.05, 0) is 18.2 Å². The summed E-state index contributed by atoms with van der Waals surface area (Å²) < 4.78 is 32.6. The topological polar surface area (TPSA) is 108 Å². The summed E-state index contributed by atoms with van der Waals surface area (Å²) in [6, 6.07) is 5.01. The number of sulfone groups is 1. The molecule has 1 aliphatic rings. The highest BCUT2D eigenvalue weighted by atomic mass is 35.5. The van der Waals surface area contributed by atoms with Crippen molar-refractivity contribution in [1.29, 1.82) is 0 Å². The lowest BCUT2D eigenvalue weighted by molar-refractivity contribution is 0.230. The fourth-order valence-electron chi connectivity index (χ4n) is 1.96. The molecule has 3 rings (SSSR count). The lowest BCUT2D eigenvalue weighted by atomic mass is 10.2. The Morgan fingerprint density at radius 2 is 2.19 bits per heavy atom. The third-order valence-electron chi connectivity index (χ3n) is 3.01. The third kappa shape index (κ3) is 3.02. The van der Waals surface area contributed by atoms with Gasteiger partial charge in [0.25, 0.3) is 0 Å². The van der Waals surface area contributed by atoms with E-state index in [1.165, 1.54) is 0 Å². The van der Waals surface area contributed by atoms with E-state index in [4.69, 9.17) is 26.6 Å². The molecule has 0 saturated carbocycles. The van der Waals surface area contributed by atoms with Gasteiger partial charge in [-0.2, -0.15) is 4.98 Å². The van der Waals surface area contributed by atoms with Crippen molar-refractivity contribution in [3.8, 4) is 17.1 Å². The number of rotatable bonds is 4. The molecule has 0 unspecified atom stereocenters. The standard InChI is InChI=1S/C12H12ClN3O4S/c13-9-3-7(12-15-11(4-14)20-16-12)1-2-10(9)19-8-5-21(17,18)6-8/h1-3,8H,4-6,14H2. The molecule has 2 heterocycles. The van der Waals surface area contributed by atoms with Crippen LogP contribution in [0.2, 0.25) is 5.02 Å². The molecule has 0 atom stereocenters. The molecule has 0 aliphatic carbocycles. The van der Waals surface area contributed by atoms with Gasteiger partial charge in [0.05, 0.1) is 23.1 Å². The predicted molar refractivity (Wildman–Crippen MR) is 75.7 cm³/mol. The predicted octanol–water partition coefficient (Wildman–Crippen LogP) is 1.02. The molecule has 1 aromatic heterocycles. The van der Waals surface area contributed by atoms with Crippen molar-refractivity contribution >= 4 is 21.4 Å². The van der Waals surface area contributed by atoms with Crippen LogP contribution in [0, 0.1) is 0 Å². The van der Waals surface area contributed by atoms with E-state index >= 15 is 0 Å². The van der Waals surface area contributed by atoms with E-state index in [2.05, 4.69) is 10.1 Å². The number of aromatic nitrogens is 2. The van der Waals surface area contributed by atoms with Crippen LogP contribution in [0.3, 0.4) is 0 Å². The average Bonchev–Trinajstić information content (AvgIpc) is 2.87. The number of hydrogen-bond donors (Lipinski definition) is 1. The Bertz CT molecular complexity index is 763. The van der Waals surface area contributed by atoms with Gasteiger partial charge in [-0.15, -0.1) is 0 Å². The van der Waals surface area contributed by atoms with E-state index in [0.29, 0.717) is 28.1 Å². The maximum atomic E-state index is 11.1. The van der Waals surface area contributed by atoms with Gasteiger partial charge >= 0.3 is 0 Å². The maximum Gasteiger partial charge on any atom is 0.240 e. The van der Waals surface area contributed by atoms with Crippen molar-refractivity contribution in [2.24, 2.45) is 5.73 Å². The normalized spacial score (nSPS) is 17.4. The zero-order valence-electron chi connectivity index (χ0n) is 10.8. The summed E-state index contributed by atoms with van der Waals surface area (Å²) in [6.07, 6.45) is -0.340. The Kier molecular flexibility index (Phi) is 3.60. The van der Waals surface area contributed by atoms with Gasteiger partial charge in [0.15, 0.2) is 9.84 Å². The first-order chi connectivity index (χ1) is 9.97. The van der Waals surface area contributed by atoms with E-state index in [1.54, 1.807) is 18.2 Å². The molecule has 1 fully saturated rings. The molecular weight excluding hydrogens is 318 g/mol. The van der Waals surface area contributed by atoms with Crippen LogP contribution in [0.1, 0.15) is 5.89 Å². The minimum atomic E-state index is -2.93. The second kappa shape index (κ2) is 5.28. The third-order valence-corrected chi connectivity index (χ3v) is 5.06. The van der Waals surface area contributed by atoms with E-state index in [9.17, 15) is 8.42 Å². The van der Waals surface area contributed by atoms with Gasteiger partial charge in [0.2, 0.25) is 11.7 Å². The van der Waals surface area contributed by atoms with Crippen LogP contribution < -0.4 is 10.5 Å². The molecule has 9 heteroatoms. The fraction of sp³-hybridized carbons (Fsp3) is 0.333. The number of hydrogen-bond acceptors (Lipinski definition) is 7. The van der Waals surface area contributed by atoms with Crippen molar-refractivity contribution < 1.29 is 17.7 Å². The number of ether oxygens (including phenoxy) is 1. The number of nitrogens with two attached hydrogens (primary N) is 1. The summed E-state index contributed by atoms with van der Waals surface area (Å²) >= 11 is 6.13. The summed E-state index contributed by atoms with van der Waals surface area (Å²) in [5.41, 5.74) is 6.07. The van der Waals surface area contributed by atoms with Crippen LogP contribution in [0.5, 0.6) is 5.75 Å². The molecule has 0 bridgehead atoms. The van der Waals surface area contributed by atoms with E-state index in [0.717, 1.165) is 0 Å². The Labute approximate surface area is 126 Å². The van der Waals surface area contributed by atoms with Crippen LogP contribution in [0.15, 0.2) is 22.7 Å². The Morgan fingerprint density at radius 3 is 2.76 bits per heavy atom. The van der Waals surface area contributed by atoms with Crippen molar-refractivity contribution in [3.63, 3.8) is 0 Å². The highest BCUT2D eigenvalue weighted by Gasteiger charge is 2.35. The molecule has 7 nitrogen and oxygen atoms in total. The number of nitrogens with zero attached hydrogens (tertiary/aromatic N) is 2. The Morgan fingerprint density at radius 1 is 1.43 bits per heavy atom. The largest absolute Gasteiger partial charge is 0.487 e. The lowest BCUT2D eigenvalue weighted by Gasteiger charge is -2.26. The molecule has 1 aromatic carbocycles. The molecule has 1 aliphatic heterocycles. The number of benzene rings is 1. The van der Waals surface area contributed by atoms with Gasteiger partial charge in [-0.1, -0.05) is 16.8 Å². The molecule has 1 saturated heterocycles. The SMILES string of the molecule is NCc1nc(-c2ccc(OC3CS(=O)(=O)C3)c(Cl)c2)no1. The van der Waals surface area contributed by atoms with Crippen LogP contribution in [0.25, 0.3) is 11.4 Å². The fourth-order valence-corrected chi connectivity index (χ4v) is 3.35. The minimum Gasteiger partial charge on any atom is -0.487 e. The van der Waals surface area contributed by atoms with Crippen molar-refractivity contribution in [1.82, 2.24) is 10.1 Å². The molecule has 2 N–H and O–H groups in total. The van der Waals surface area contributed by atoms with Crippen molar-refractivity contribution in [2.45, 2.75) is 12.6 Å². The van der Waals surface area contributed by atoms with Gasteiger partial charge in [-0.25, -0.2) is 8.42 Å². The van der Waals surface area contributed by atoms with Gasteiger partial charge in [-0.3, -0.25) is 0 Å². The summed E-state index contributed by atoms with van der Waals surface area (Å²) in [4.78, 5) is 4.10. The maximum absolute atomic E-state index is 11.1. The molecular formula is C12H12ClN3O4S. The Hall–Kier alpha value is -1.64. The van der Waals surface area contributed by atoms with E-state index in [1.807, 2.05) is 0 Å². The first-order valence-corrected chi connectivity index (χ1v) is 8.36. The first kappa shape index (κ1) is 14.3. The van der Waals surface area contributed by atoms with Crippen LogP contribution in [0.4, 0.5) is 0 Å². The molecule has 0 radical (unpaired) electrons. The minimum absolute atomic E-state index is 0.0236. The summed E-state index contributed by atoms with van der Waals surface area (Å²) in [7, 11) is -2.93. The zero-order valence-corrected chi connectivity index (χ0v) is 12.4. The second-order valence-corrected chi connectivity index (χ2v) is 7.24. The van der Waals surface area contributed by atoms with Crippen molar-refractivity contribution in [3.05, 3.63) is 29.1 Å². The monoisotopic (exact) mass is 329 g/mol. The molecule has 112 valence electrons. The molecule has 0 spiro atoms. The molecule has 21 heavy (non-hydrogen) atoms. The average molecular weight is 330 g/mol. The summed E-state index contributed by atoms with van der Waals surface area (Å²) in [6.45, 7) is 0.165. The quantitative estimate of drug-likeness (QED) is 0.892. The van der Waals surface area contributed by atoms with Crippen LogP contribution in [-0.2, 0) is 16.4 Å². The summed E-state index contributed by atoms with van der Waals surface area (Å²) in [5.74, 6) is 1.20. The lowest BCUT2D eigenvalue weighted by Crippen LogP contribution is -2.45. The van der Waals surface area contributed by atoms with Gasteiger partial charge < -0.3 is 15.0 Å². The van der Waals surface area contributed by atoms with E-state index in [-0.39, 0.29) is 24.2 Å². The number of halogens is 1. The second-order valence-electron chi connectivity index (χ2n) is 4.68. The summed E-state index contributed by atoms with van der Waals surface area (Å²) in [5, 5.41) is 4.15. The van der Waals surface area contributed by atoms with Crippen molar-refractivity contribution in [2.75, 3.05) is 11.5 Å². The highest BCUT2D eigenvalue weighted by molar-refractivity contribution is 7.92. The first-order valence-electron chi connectivity index (χ1n) is 6.16. The van der Waals surface area contributed by atoms with Gasteiger partial charge in [0.1, 0.15) is 11.9 Å². The van der Waals surface area contributed by atoms with Gasteiger partial charge in [0, 0.05) is 5.56 Å². The smallest absolute Gasteiger partial charge is 0.240 e. The molecule has 2 aromatic rings. The van der Waals surface area contributed by atoms with E-state index < -0.39 is 9.84 Å². The van der Waals surface area contributed by atoms with Crippen LogP contribution in [-0.4, -0.2) is 36.2 Å². The van der Waals surface area contributed by atoms with Crippen LogP contribution >= 0.6 is 11.6 Å². The Balaban J connectivity index is 1.76. The highest BCUT2D eigenvalue weighted by Crippen LogP contribution is 2.31. The zero-order chi connectivity index (χ0) is 15.0.